The van der Waals surface area contributed by atoms with Crippen molar-refractivity contribution < 1.29 is 5.11 Å². The van der Waals surface area contributed by atoms with E-state index in [1.165, 1.54) is 25.0 Å². The minimum atomic E-state index is -0.166. The number of aromatic nitrogens is 2. The molecular formula is C13H22N2O. The van der Waals surface area contributed by atoms with Crippen molar-refractivity contribution in [2.24, 2.45) is 5.92 Å². The predicted octanol–water partition coefficient (Wildman–Crippen LogP) is 2.17. The SMILES string of the molecule is CCc1cc(CC(O)C2CCC2)n(CC)n1. The summed E-state index contributed by atoms with van der Waals surface area (Å²) in [7, 11) is 0. The zero-order valence-corrected chi connectivity index (χ0v) is 10.3. The standard InChI is InChI=1S/C13H22N2O/c1-3-11-8-12(15(4-2)14-11)9-13(16)10-6-5-7-10/h8,10,13,16H,3-7,9H2,1-2H3. The Morgan fingerprint density at radius 2 is 2.25 bits per heavy atom. The Bertz CT molecular complexity index is 342. The van der Waals surface area contributed by atoms with Gasteiger partial charge < -0.3 is 5.11 Å². The van der Waals surface area contributed by atoms with Gasteiger partial charge in [0.2, 0.25) is 0 Å². The molecule has 3 heteroatoms. The second-order valence-corrected chi connectivity index (χ2v) is 4.76. The Hall–Kier alpha value is -0.830. The molecule has 0 spiro atoms. The predicted molar refractivity (Wildman–Crippen MR) is 64.3 cm³/mol. The maximum Gasteiger partial charge on any atom is 0.0624 e. The van der Waals surface area contributed by atoms with E-state index >= 15 is 0 Å². The number of hydrogen-bond acceptors (Lipinski definition) is 2. The second kappa shape index (κ2) is 5.00. The first-order chi connectivity index (χ1) is 7.74. The van der Waals surface area contributed by atoms with Crippen LogP contribution in [-0.2, 0) is 19.4 Å². The van der Waals surface area contributed by atoms with Crippen molar-refractivity contribution in [2.45, 2.75) is 58.6 Å². The summed E-state index contributed by atoms with van der Waals surface area (Å²) < 4.78 is 2.03. The van der Waals surface area contributed by atoms with E-state index in [1.807, 2.05) is 4.68 Å². The molecule has 1 N–H and O–H groups in total. The van der Waals surface area contributed by atoms with E-state index in [0.29, 0.717) is 5.92 Å². The molecule has 1 saturated carbocycles. The van der Waals surface area contributed by atoms with E-state index in [1.54, 1.807) is 0 Å². The van der Waals surface area contributed by atoms with Gasteiger partial charge in [-0.15, -0.1) is 0 Å². The number of hydrogen-bond donors (Lipinski definition) is 1. The number of aryl methyl sites for hydroxylation is 2. The number of nitrogens with zero attached hydrogens (tertiary/aromatic N) is 2. The van der Waals surface area contributed by atoms with Crippen molar-refractivity contribution in [2.75, 3.05) is 0 Å². The number of rotatable bonds is 5. The summed E-state index contributed by atoms with van der Waals surface area (Å²) in [5, 5.41) is 14.6. The monoisotopic (exact) mass is 222 g/mol. The van der Waals surface area contributed by atoms with E-state index in [4.69, 9.17) is 0 Å². The van der Waals surface area contributed by atoms with Crippen LogP contribution in [0.2, 0.25) is 0 Å². The summed E-state index contributed by atoms with van der Waals surface area (Å²) in [4.78, 5) is 0. The minimum Gasteiger partial charge on any atom is -0.392 e. The highest BCUT2D eigenvalue weighted by atomic mass is 16.3. The highest BCUT2D eigenvalue weighted by molar-refractivity contribution is 5.12. The Kier molecular flexibility index (Phi) is 3.64. The van der Waals surface area contributed by atoms with Crippen LogP contribution < -0.4 is 0 Å². The van der Waals surface area contributed by atoms with Gasteiger partial charge in [-0.2, -0.15) is 5.10 Å². The minimum absolute atomic E-state index is 0.166. The molecular weight excluding hydrogens is 200 g/mol. The van der Waals surface area contributed by atoms with E-state index in [-0.39, 0.29) is 6.10 Å². The molecule has 0 aromatic carbocycles. The summed E-state index contributed by atoms with van der Waals surface area (Å²) in [6.07, 6.45) is 5.25. The molecule has 1 aromatic heterocycles. The first-order valence-electron chi connectivity index (χ1n) is 6.48. The van der Waals surface area contributed by atoms with Gasteiger partial charge >= 0.3 is 0 Å². The fourth-order valence-corrected chi connectivity index (χ4v) is 2.33. The molecule has 2 rings (SSSR count). The highest BCUT2D eigenvalue weighted by Crippen LogP contribution is 2.31. The average molecular weight is 222 g/mol. The quantitative estimate of drug-likeness (QED) is 0.829. The Balaban J connectivity index is 2.03. The van der Waals surface area contributed by atoms with Gasteiger partial charge in [-0.1, -0.05) is 13.3 Å². The normalized spacial score (nSPS) is 18.4. The van der Waals surface area contributed by atoms with Gasteiger partial charge in [-0.25, -0.2) is 0 Å². The molecule has 1 aliphatic carbocycles. The molecule has 1 heterocycles. The van der Waals surface area contributed by atoms with Crippen molar-refractivity contribution in [1.29, 1.82) is 0 Å². The van der Waals surface area contributed by atoms with Crippen LogP contribution in [0.15, 0.2) is 6.07 Å². The topological polar surface area (TPSA) is 38.0 Å². The fraction of sp³-hybridized carbons (Fsp3) is 0.769. The van der Waals surface area contributed by atoms with Crippen LogP contribution in [0, 0.1) is 5.92 Å². The maximum absolute atomic E-state index is 10.1. The molecule has 0 bridgehead atoms. The molecule has 1 unspecified atom stereocenters. The summed E-state index contributed by atoms with van der Waals surface area (Å²) in [5.41, 5.74) is 2.33. The molecule has 0 radical (unpaired) electrons. The van der Waals surface area contributed by atoms with Gasteiger partial charge in [0.1, 0.15) is 0 Å². The Labute approximate surface area is 97.5 Å². The third kappa shape index (κ3) is 2.29. The lowest BCUT2D eigenvalue weighted by Gasteiger charge is -2.30. The zero-order valence-electron chi connectivity index (χ0n) is 10.3. The van der Waals surface area contributed by atoms with Gasteiger partial charge in [-0.05, 0) is 38.2 Å². The smallest absolute Gasteiger partial charge is 0.0624 e. The molecule has 16 heavy (non-hydrogen) atoms. The summed E-state index contributed by atoms with van der Waals surface area (Å²) in [6.45, 7) is 5.12. The van der Waals surface area contributed by atoms with Crippen LogP contribution in [0.3, 0.4) is 0 Å². The van der Waals surface area contributed by atoms with Crippen molar-refractivity contribution in [1.82, 2.24) is 9.78 Å². The molecule has 90 valence electrons. The number of aliphatic hydroxyl groups is 1. The summed E-state index contributed by atoms with van der Waals surface area (Å²) in [5.74, 6) is 0.533. The first kappa shape index (κ1) is 11.6. The number of aliphatic hydroxyl groups excluding tert-OH is 1. The van der Waals surface area contributed by atoms with Crippen LogP contribution >= 0.6 is 0 Å². The second-order valence-electron chi connectivity index (χ2n) is 4.76. The largest absolute Gasteiger partial charge is 0.392 e. The fourth-order valence-electron chi connectivity index (χ4n) is 2.33. The van der Waals surface area contributed by atoms with E-state index in [2.05, 4.69) is 25.0 Å². The third-order valence-electron chi connectivity index (χ3n) is 3.69. The molecule has 1 aliphatic rings. The van der Waals surface area contributed by atoms with Crippen LogP contribution in [0.25, 0.3) is 0 Å². The molecule has 0 saturated heterocycles. The highest BCUT2D eigenvalue weighted by Gasteiger charge is 2.26. The van der Waals surface area contributed by atoms with E-state index in [0.717, 1.165) is 25.1 Å². The molecule has 3 nitrogen and oxygen atoms in total. The molecule has 1 atom stereocenters. The molecule has 0 aliphatic heterocycles. The van der Waals surface area contributed by atoms with Crippen LogP contribution in [0.5, 0.6) is 0 Å². The lowest BCUT2D eigenvalue weighted by molar-refractivity contribution is 0.0614. The van der Waals surface area contributed by atoms with Gasteiger partial charge in [0.15, 0.2) is 0 Å². The van der Waals surface area contributed by atoms with Crippen molar-refractivity contribution in [3.8, 4) is 0 Å². The van der Waals surface area contributed by atoms with Crippen LogP contribution in [0.1, 0.15) is 44.5 Å². The zero-order chi connectivity index (χ0) is 11.5. The van der Waals surface area contributed by atoms with Gasteiger partial charge in [0.05, 0.1) is 11.8 Å². The first-order valence-corrected chi connectivity index (χ1v) is 6.48. The van der Waals surface area contributed by atoms with Crippen molar-refractivity contribution in [3.05, 3.63) is 17.5 Å². The van der Waals surface area contributed by atoms with Crippen molar-refractivity contribution in [3.63, 3.8) is 0 Å². The van der Waals surface area contributed by atoms with Gasteiger partial charge in [0, 0.05) is 18.7 Å². The molecule has 1 aromatic rings. The Morgan fingerprint density at radius 3 is 2.75 bits per heavy atom. The summed E-state index contributed by atoms with van der Waals surface area (Å²) in [6, 6.07) is 2.14. The average Bonchev–Trinajstić information content (AvgIpc) is 2.57. The van der Waals surface area contributed by atoms with E-state index in [9.17, 15) is 5.11 Å². The molecule has 1 fully saturated rings. The van der Waals surface area contributed by atoms with Crippen LogP contribution in [-0.4, -0.2) is 21.0 Å². The van der Waals surface area contributed by atoms with Gasteiger partial charge in [0.25, 0.3) is 0 Å². The third-order valence-corrected chi connectivity index (χ3v) is 3.69. The van der Waals surface area contributed by atoms with Crippen molar-refractivity contribution >= 4 is 0 Å². The van der Waals surface area contributed by atoms with Gasteiger partial charge in [-0.3, -0.25) is 4.68 Å². The Morgan fingerprint density at radius 1 is 1.50 bits per heavy atom. The summed E-state index contributed by atoms with van der Waals surface area (Å²) >= 11 is 0. The van der Waals surface area contributed by atoms with Crippen LogP contribution in [0.4, 0.5) is 0 Å². The lowest BCUT2D eigenvalue weighted by atomic mass is 9.80. The lowest BCUT2D eigenvalue weighted by Crippen LogP contribution is -2.29. The van der Waals surface area contributed by atoms with E-state index < -0.39 is 0 Å². The molecule has 0 amide bonds. The maximum atomic E-state index is 10.1.